The average Bonchev–Trinajstić information content (AvgIpc) is 1.73. The van der Waals surface area contributed by atoms with Crippen LogP contribution in [0.4, 0.5) is 0 Å². The van der Waals surface area contributed by atoms with Crippen molar-refractivity contribution in [3.63, 3.8) is 0 Å². The van der Waals surface area contributed by atoms with Gasteiger partial charge < -0.3 is 42.6 Å². The van der Waals surface area contributed by atoms with E-state index in [2.05, 4.69) is 8.62 Å². The first-order valence-electron chi connectivity index (χ1n) is 2.81. The average molecular weight is 499 g/mol. The Morgan fingerprint density at radius 2 is 0.950 bits per heavy atom. The third-order valence-electron chi connectivity index (χ3n) is 0.419. The van der Waals surface area contributed by atoms with E-state index in [-0.39, 0.29) is 170 Å². The number of hydrogen-bond donors (Lipinski definition) is 5. The van der Waals surface area contributed by atoms with E-state index in [4.69, 9.17) is 42.6 Å². The van der Waals surface area contributed by atoms with Gasteiger partial charge in [0, 0.05) is 0 Å². The maximum atomic E-state index is 10.4. The molecule has 0 amide bonds. The number of rotatable bonds is 4. The fourth-order valence-electron chi connectivity index (χ4n) is 0.284. The molecule has 0 bridgehead atoms. The fraction of sp³-hybridized carbons (Fsp3) is 0. The molecular weight excluding hydrogens is 489 g/mol. The number of hydrogen-bond acceptors (Lipinski definition) is 5. The van der Waals surface area contributed by atoms with Gasteiger partial charge in [-0.05, 0) is 0 Å². The molecule has 20 heavy (non-hydrogen) atoms. The van der Waals surface area contributed by atoms with E-state index in [1.165, 1.54) is 0 Å². The van der Waals surface area contributed by atoms with Crippen molar-refractivity contribution in [1.82, 2.24) is 0 Å². The van der Waals surface area contributed by atoms with Crippen molar-refractivity contribution in [3.8, 4) is 0 Å². The fourth-order valence-corrected chi connectivity index (χ4v) is 2.82. The van der Waals surface area contributed by atoms with Crippen molar-refractivity contribution in [3.05, 3.63) is 0 Å². The third kappa shape index (κ3) is 40.1. The van der Waals surface area contributed by atoms with Crippen molar-refractivity contribution < 1.29 is 46.8 Å². The predicted molar refractivity (Wildman–Crippen MR) is 83.5 cm³/mol. The zero-order valence-corrected chi connectivity index (χ0v) is 12.7. The van der Waals surface area contributed by atoms with Gasteiger partial charge in [0.15, 0.2) is 0 Å². The molecule has 0 aromatic carbocycles. The molecule has 0 aliphatic heterocycles. The predicted octanol–water partition coefficient (Wildman–Crippen LogP) is -2.56. The molecule has 0 aromatic rings. The maximum absolute atomic E-state index is 10.4. The zero-order valence-electron chi connectivity index (χ0n) is 7.08. The van der Waals surface area contributed by atoms with Gasteiger partial charge >= 0.3 is 212 Å². The minimum atomic E-state index is -5.46. The Bertz CT molecular complexity index is 319. The summed E-state index contributed by atoms with van der Waals surface area (Å²) < 4.78 is 36.4. The van der Waals surface area contributed by atoms with Crippen molar-refractivity contribution in [2.75, 3.05) is 0 Å². The second-order valence-electron chi connectivity index (χ2n) is 1.71. The summed E-state index contributed by atoms with van der Waals surface area (Å²) in [6.07, 6.45) is 0. The summed E-state index contributed by atoms with van der Waals surface area (Å²) in [5, 5.41) is 0. The van der Waals surface area contributed by atoms with Crippen LogP contribution < -0.4 is 0 Å². The summed E-state index contributed by atoms with van der Waals surface area (Å²) in [4.78, 5) is 40.2. The molecular formula is H10CaCl2K2MgNaO10P3. The van der Waals surface area contributed by atoms with Crippen LogP contribution in [0.2, 0.25) is 0 Å². The van der Waals surface area contributed by atoms with E-state index in [0.29, 0.717) is 0 Å². The second-order valence-corrected chi connectivity index (χ2v) is 8.55. The Morgan fingerprint density at radius 3 is 1.05 bits per heavy atom. The normalized spacial score (nSPS) is 9.95. The number of phosphoric acid groups is 3. The van der Waals surface area contributed by atoms with Crippen LogP contribution in [-0.2, 0) is 22.3 Å². The molecule has 0 unspecified atom stereocenters. The molecule has 0 radical (unpaired) electrons. The van der Waals surface area contributed by atoms with Crippen LogP contribution in [0.25, 0.3) is 0 Å². The first-order chi connectivity index (χ1) is 6.83. The van der Waals surface area contributed by atoms with Crippen LogP contribution in [0.15, 0.2) is 0 Å². The summed E-state index contributed by atoms with van der Waals surface area (Å²) in [6.45, 7) is 0. The van der Waals surface area contributed by atoms with Crippen molar-refractivity contribution in [1.29, 1.82) is 0 Å². The molecule has 0 aliphatic carbocycles. The molecule has 0 fully saturated rings. The molecule has 0 heterocycles. The Hall–Kier alpha value is 7.29. The third-order valence-corrected chi connectivity index (χ3v) is 3.77. The molecule has 106 valence electrons. The van der Waals surface area contributed by atoms with E-state index >= 15 is 0 Å². The second kappa shape index (κ2) is 21.0. The van der Waals surface area contributed by atoms with Crippen LogP contribution in [0, 0.1) is 0 Å². The van der Waals surface area contributed by atoms with Gasteiger partial charge in [-0.25, -0.2) is 13.7 Å². The zero-order chi connectivity index (χ0) is 13.6. The van der Waals surface area contributed by atoms with E-state index < -0.39 is 41.6 Å². The van der Waals surface area contributed by atoms with E-state index in [0.717, 1.165) is 0 Å². The summed E-state index contributed by atoms with van der Waals surface area (Å²) in [5.41, 5.74) is 0. The quantitative estimate of drug-likeness (QED) is 0.205. The first kappa shape index (κ1) is 41.6. The van der Waals surface area contributed by atoms with Gasteiger partial charge in [-0.15, -0.1) is 0 Å². The summed E-state index contributed by atoms with van der Waals surface area (Å²) >= 11 is -0.639. The molecule has 0 aromatic heterocycles. The van der Waals surface area contributed by atoms with Crippen LogP contribution in [0.3, 0.4) is 0 Å². The van der Waals surface area contributed by atoms with E-state index in [1.54, 1.807) is 0 Å². The van der Waals surface area contributed by atoms with Crippen LogP contribution in [0.1, 0.15) is 0 Å². The molecule has 0 spiro atoms. The van der Waals surface area contributed by atoms with Crippen molar-refractivity contribution in [2.45, 2.75) is 0 Å². The van der Waals surface area contributed by atoms with Crippen LogP contribution in [-0.4, -0.2) is 213 Å². The molecule has 20 heteroatoms. The Morgan fingerprint density at radius 1 is 0.800 bits per heavy atom. The molecule has 0 atom stereocenters. The van der Waals surface area contributed by atoms with Gasteiger partial charge in [0.2, 0.25) is 0 Å². The first-order valence-corrected chi connectivity index (χ1v) is 11.6. The van der Waals surface area contributed by atoms with Gasteiger partial charge in [-0.3, -0.25) is 0 Å². The molecule has 10 nitrogen and oxygen atoms in total. The Kier molecular flexibility index (Phi) is 43.7. The standard InChI is InChI=1S/Ca.2ClH.2K.Mg.Na.H5O10P3.5H/c;;;;;;;1-11(2,3)9-13(7,8)10-12(4,5)6;;;;;/h;2*1H;;;;;(H,7,8)(H2,1,2,3)(H2,4,5,6);;;;;/q;;;;;+2;;;;;;;/p-2. The Labute approximate surface area is 269 Å². The van der Waals surface area contributed by atoms with Crippen molar-refractivity contribution in [2.24, 2.45) is 0 Å². The molecule has 0 rings (SSSR count). The molecule has 0 aliphatic rings. The summed E-state index contributed by atoms with van der Waals surface area (Å²) in [6, 6.07) is 0. The Balaban J connectivity index is -0.0000000641. The topological polar surface area (TPSA) is 171 Å². The van der Waals surface area contributed by atoms with Gasteiger partial charge in [0.05, 0.1) is 0 Å². The monoisotopic (exact) mass is 498 g/mol. The number of halogens is 2. The summed E-state index contributed by atoms with van der Waals surface area (Å²) in [5.74, 6) is 0. The van der Waals surface area contributed by atoms with Gasteiger partial charge in [-0.2, -0.15) is 8.62 Å². The van der Waals surface area contributed by atoms with Crippen LogP contribution >= 0.6 is 41.6 Å². The molecule has 0 saturated carbocycles. The molecule has 0 saturated heterocycles. The SMILES string of the molecule is O=P(O)(O)OP(=O)(O)OP(=O)(O)O.[CaH2].[Cl][Mg][Cl].[KH].[KH].[NaH]. The van der Waals surface area contributed by atoms with Gasteiger partial charge in [0.25, 0.3) is 0 Å². The minimum absolute atomic E-state index is 0. The summed E-state index contributed by atoms with van der Waals surface area (Å²) in [7, 11) is -6.37. The van der Waals surface area contributed by atoms with E-state index in [9.17, 15) is 13.7 Å². The van der Waals surface area contributed by atoms with E-state index in [1.807, 2.05) is 0 Å². The van der Waals surface area contributed by atoms with Crippen molar-refractivity contribution >= 4 is 230 Å². The molecule has 5 N–H and O–H groups in total. The van der Waals surface area contributed by atoms with Gasteiger partial charge in [-0.1, -0.05) is 0 Å². The van der Waals surface area contributed by atoms with Gasteiger partial charge in [0.1, 0.15) is 0 Å². The van der Waals surface area contributed by atoms with Crippen LogP contribution in [0.5, 0.6) is 0 Å².